The molecule has 0 unspecified atom stereocenters. The summed E-state index contributed by atoms with van der Waals surface area (Å²) in [5.74, 6) is -0.112. The minimum Gasteiger partial charge on any atom is -0.465 e. The van der Waals surface area contributed by atoms with Gasteiger partial charge in [0.15, 0.2) is 0 Å². The van der Waals surface area contributed by atoms with Crippen molar-refractivity contribution in [2.24, 2.45) is 0 Å². The number of furan rings is 1. The van der Waals surface area contributed by atoms with Gasteiger partial charge in [0.25, 0.3) is 11.8 Å². The highest BCUT2D eigenvalue weighted by atomic mass is 16.3. The summed E-state index contributed by atoms with van der Waals surface area (Å²) in [5, 5.41) is 0. The highest BCUT2D eigenvalue weighted by Crippen LogP contribution is 2.31. The number of fused-ring (bicyclic) bond motifs is 1. The van der Waals surface area contributed by atoms with Gasteiger partial charge in [0, 0.05) is 17.3 Å². The van der Waals surface area contributed by atoms with E-state index in [0.29, 0.717) is 28.2 Å². The number of carbonyl (C=O) groups is 2. The first kappa shape index (κ1) is 15.1. The average Bonchev–Trinajstić information content (AvgIpc) is 3.16. The van der Waals surface area contributed by atoms with Gasteiger partial charge in [0.1, 0.15) is 5.76 Å². The number of hydrogen-bond donors (Lipinski definition) is 0. The summed E-state index contributed by atoms with van der Waals surface area (Å²) in [6.45, 7) is 0.127. The van der Waals surface area contributed by atoms with Gasteiger partial charge in [-0.1, -0.05) is 24.3 Å². The van der Waals surface area contributed by atoms with Crippen LogP contribution in [0.4, 0.5) is 0 Å². The van der Waals surface area contributed by atoms with Crippen LogP contribution in [0.3, 0.4) is 0 Å². The molecule has 2 amide bonds. The molecule has 3 heterocycles. The molecule has 0 radical (unpaired) electrons. The molecule has 0 bridgehead atoms. The maximum atomic E-state index is 13.0. The second-order valence-electron chi connectivity index (χ2n) is 5.64. The minimum atomic E-state index is -0.356. The van der Waals surface area contributed by atoms with E-state index < -0.39 is 0 Å². The molecule has 122 valence electrons. The number of carbonyl (C=O) groups excluding carboxylic acids is 2. The molecule has 0 atom stereocenters. The smallest absolute Gasteiger partial charge is 0.261 e. The zero-order valence-electron chi connectivity index (χ0n) is 13.3. The van der Waals surface area contributed by atoms with E-state index >= 15 is 0 Å². The fourth-order valence-electron chi connectivity index (χ4n) is 2.86. The second-order valence-corrected chi connectivity index (χ2v) is 5.64. The standard InChI is InChI=1S/C20H14N2O3/c23-19-17-9-2-1-8-16(17)18(12-15-7-5-11-25-15)20(24)22(19)13-14-6-3-4-10-21-14/h1-12H,13H2/b18-12+. The molecule has 2 aromatic heterocycles. The summed E-state index contributed by atoms with van der Waals surface area (Å²) >= 11 is 0. The highest BCUT2D eigenvalue weighted by Gasteiger charge is 2.34. The predicted octanol–water partition coefficient (Wildman–Crippen LogP) is 3.40. The van der Waals surface area contributed by atoms with Gasteiger partial charge in [-0.15, -0.1) is 0 Å². The number of benzene rings is 1. The number of rotatable bonds is 3. The molecule has 3 aromatic rings. The SMILES string of the molecule is O=C1/C(=C/c2ccco2)c2ccccc2C(=O)N1Cc1ccccn1. The average molecular weight is 330 g/mol. The van der Waals surface area contributed by atoms with E-state index in [4.69, 9.17) is 4.42 Å². The number of amides is 2. The molecule has 5 heteroatoms. The Morgan fingerprint density at radius 1 is 0.920 bits per heavy atom. The van der Waals surface area contributed by atoms with E-state index in [9.17, 15) is 9.59 Å². The molecule has 0 N–H and O–H groups in total. The van der Waals surface area contributed by atoms with Crippen LogP contribution in [0, 0.1) is 0 Å². The summed E-state index contributed by atoms with van der Waals surface area (Å²) in [6.07, 6.45) is 4.85. The lowest BCUT2D eigenvalue weighted by atomic mass is 9.92. The number of nitrogens with zero attached hydrogens (tertiary/aromatic N) is 2. The Bertz CT molecular complexity index is 960. The molecule has 0 aliphatic carbocycles. The summed E-state index contributed by atoms with van der Waals surface area (Å²) in [6, 6.07) is 16.0. The van der Waals surface area contributed by atoms with Crippen LogP contribution in [0.1, 0.15) is 27.4 Å². The number of imide groups is 1. The van der Waals surface area contributed by atoms with Gasteiger partial charge in [-0.05, 0) is 36.4 Å². The zero-order chi connectivity index (χ0) is 17.2. The lowest BCUT2D eigenvalue weighted by Gasteiger charge is -2.28. The third-order valence-electron chi connectivity index (χ3n) is 4.04. The van der Waals surface area contributed by atoms with Gasteiger partial charge in [-0.2, -0.15) is 0 Å². The van der Waals surface area contributed by atoms with E-state index in [-0.39, 0.29) is 18.4 Å². The number of pyridine rings is 1. The first-order valence-electron chi connectivity index (χ1n) is 7.85. The normalized spacial score (nSPS) is 15.5. The lowest BCUT2D eigenvalue weighted by Crippen LogP contribution is -2.41. The monoisotopic (exact) mass is 330 g/mol. The van der Waals surface area contributed by atoms with Crippen molar-refractivity contribution in [3.8, 4) is 0 Å². The van der Waals surface area contributed by atoms with Crippen molar-refractivity contribution in [3.05, 3.63) is 89.6 Å². The zero-order valence-corrected chi connectivity index (χ0v) is 13.3. The molecule has 1 aromatic carbocycles. The molecule has 0 saturated carbocycles. The summed E-state index contributed by atoms with van der Waals surface area (Å²) in [4.78, 5) is 31.2. The number of aromatic nitrogens is 1. The fourth-order valence-corrected chi connectivity index (χ4v) is 2.86. The van der Waals surface area contributed by atoms with Crippen LogP contribution in [-0.2, 0) is 11.3 Å². The number of hydrogen-bond acceptors (Lipinski definition) is 4. The van der Waals surface area contributed by atoms with Crippen LogP contribution in [0.25, 0.3) is 11.6 Å². The molecular formula is C20H14N2O3. The van der Waals surface area contributed by atoms with Crippen molar-refractivity contribution in [3.63, 3.8) is 0 Å². The van der Waals surface area contributed by atoms with Gasteiger partial charge >= 0.3 is 0 Å². The van der Waals surface area contributed by atoms with Crippen molar-refractivity contribution >= 4 is 23.5 Å². The van der Waals surface area contributed by atoms with E-state index in [1.807, 2.05) is 12.1 Å². The minimum absolute atomic E-state index is 0.127. The Hall–Kier alpha value is -3.47. The predicted molar refractivity (Wildman–Crippen MR) is 92.1 cm³/mol. The lowest BCUT2D eigenvalue weighted by molar-refractivity contribution is -0.123. The van der Waals surface area contributed by atoms with Crippen LogP contribution < -0.4 is 0 Å². The van der Waals surface area contributed by atoms with Gasteiger partial charge in [0.2, 0.25) is 0 Å². The molecular weight excluding hydrogens is 316 g/mol. The highest BCUT2D eigenvalue weighted by molar-refractivity contribution is 6.33. The van der Waals surface area contributed by atoms with E-state index in [1.54, 1.807) is 61.0 Å². The summed E-state index contributed by atoms with van der Waals surface area (Å²) in [7, 11) is 0. The first-order chi connectivity index (χ1) is 12.2. The van der Waals surface area contributed by atoms with Gasteiger partial charge in [-0.25, -0.2) is 0 Å². The summed E-state index contributed by atoms with van der Waals surface area (Å²) < 4.78 is 5.34. The third-order valence-corrected chi connectivity index (χ3v) is 4.04. The van der Waals surface area contributed by atoms with E-state index in [2.05, 4.69) is 4.98 Å². The molecule has 5 nitrogen and oxygen atoms in total. The molecule has 0 spiro atoms. The molecule has 1 aliphatic heterocycles. The van der Waals surface area contributed by atoms with E-state index in [1.165, 1.54) is 4.90 Å². The third kappa shape index (κ3) is 2.76. The molecule has 0 saturated heterocycles. The maximum Gasteiger partial charge on any atom is 0.261 e. The Balaban J connectivity index is 1.80. The van der Waals surface area contributed by atoms with Crippen LogP contribution in [0.5, 0.6) is 0 Å². The topological polar surface area (TPSA) is 63.4 Å². The largest absolute Gasteiger partial charge is 0.465 e. The van der Waals surface area contributed by atoms with Crippen molar-refractivity contribution in [2.45, 2.75) is 6.54 Å². The summed E-state index contributed by atoms with van der Waals surface area (Å²) in [5.41, 5.74) is 2.20. The Morgan fingerprint density at radius 3 is 2.44 bits per heavy atom. The van der Waals surface area contributed by atoms with Crippen molar-refractivity contribution < 1.29 is 14.0 Å². The Morgan fingerprint density at radius 2 is 1.72 bits per heavy atom. The molecule has 1 aliphatic rings. The van der Waals surface area contributed by atoms with Crippen molar-refractivity contribution in [1.82, 2.24) is 9.88 Å². The van der Waals surface area contributed by atoms with Gasteiger partial charge < -0.3 is 4.42 Å². The Labute approximate surface area is 144 Å². The van der Waals surface area contributed by atoms with Crippen molar-refractivity contribution in [1.29, 1.82) is 0 Å². The molecule has 25 heavy (non-hydrogen) atoms. The van der Waals surface area contributed by atoms with Crippen LogP contribution in [0.2, 0.25) is 0 Å². The quantitative estimate of drug-likeness (QED) is 0.545. The first-order valence-corrected chi connectivity index (χ1v) is 7.85. The van der Waals surface area contributed by atoms with Crippen molar-refractivity contribution in [2.75, 3.05) is 0 Å². The van der Waals surface area contributed by atoms with E-state index in [0.717, 1.165) is 0 Å². The Kier molecular flexibility index (Phi) is 3.74. The fraction of sp³-hybridized carbons (Fsp3) is 0.0500. The van der Waals surface area contributed by atoms with Gasteiger partial charge in [-0.3, -0.25) is 19.5 Å². The van der Waals surface area contributed by atoms with Crippen LogP contribution in [-0.4, -0.2) is 21.7 Å². The van der Waals surface area contributed by atoms with Crippen LogP contribution in [0.15, 0.2) is 71.5 Å². The van der Waals surface area contributed by atoms with Gasteiger partial charge in [0.05, 0.1) is 24.1 Å². The maximum absolute atomic E-state index is 13.0. The second kappa shape index (κ2) is 6.20. The molecule has 0 fully saturated rings. The van der Waals surface area contributed by atoms with Crippen LogP contribution >= 0.6 is 0 Å². The molecule has 4 rings (SSSR count).